The molecule has 4 rings (SSSR count). The molecule has 1 unspecified atom stereocenters. The summed E-state index contributed by atoms with van der Waals surface area (Å²) in [6.45, 7) is 13.9. The molecule has 0 bridgehead atoms. The van der Waals surface area contributed by atoms with E-state index in [1.807, 2.05) is 45.0 Å². The Labute approximate surface area is 268 Å². The number of rotatable bonds is 11. The van der Waals surface area contributed by atoms with Crippen LogP contribution in [0.15, 0.2) is 48.9 Å². The number of amides is 4. The highest BCUT2D eigenvalue weighted by Crippen LogP contribution is 2.37. The second-order valence-electron chi connectivity index (χ2n) is 11.7. The predicted octanol–water partition coefficient (Wildman–Crippen LogP) is 5.70. The smallest absolute Gasteiger partial charge is 0.410 e. The first-order valence-corrected chi connectivity index (χ1v) is 16.1. The van der Waals surface area contributed by atoms with Crippen molar-refractivity contribution >= 4 is 40.2 Å². The van der Waals surface area contributed by atoms with Crippen LogP contribution in [0, 0.1) is 0 Å². The zero-order valence-electron chi connectivity index (χ0n) is 26.6. The Balaban J connectivity index is 1.52. The van der Waals surface area contributed by atoms with Crippen LogP contribution in [0.4, 0.5) is 20.4 Å². The number of nitrogens with one attached hydrogen (secondary N) is 3. The van der Waals surface area contributed by atoms with Crippen LogP contribution in [-0.4, -0.2) is 88.8 Å². The van der Waals surface area contributed by atoms with Gasteiger partial charge < -0.3 is 24.6 Å². The molecule has 0 spiro atoms. The lowest BCUT2D eigenvalue weighted by atomic mass is 10.1. The highest BCUT2D eigenvalue weighted by Gasteiger charge is 2.29. The number of nitrogens with zero attached hydrogens (tertiary/aromatic N) is 4. The van der Waals surface area contributed by atoms with Crippen LogP contribution in [0.5, 0.6) is 5.75 Å². The molecule has 1 aliphatic rings. The number of hydrogen-bond acceptors (Lipinski definition) is 9. The Bertz CT molecular complexity index is 1440. The first kappa shape index (κ1) is 33.7. The average molecular weight is 638 g/mol. The number of thiophene rings is 1. The highest BCUT2D eigenvalue weighted by atomic mass is 32.1. The van der Waals surface area contributed by atoms with Gasteiger partial charge in [0, 0.05) is 42.9 Å². The summed E-state index contributed by atoms with van der Waals surface area (Å²) >= 11 is 1.28. The lowest BCUT2D eigenvalue weighted by Gasteiger charge is -2.34. The number of anilines is 2. The molecule has 0 aliphatic carbocycles. The number of likely N-dealkylation sites (tertiary alicyclic amines) is 1. The van der Waals surface area contributed by atoms with Crippen molar-refractivity contribution in [2.75, 3.05) is 50.0 Å². The highest BCUT2D eigenvalue weighted by molar-refractivity contribution is 7.20. The SMILES string of the molecule is CCN(CC)CCOc1cccc(-c2cc(C(=O)NC3CCCN(C(=O)OC(C)(C)C)C3)c(NC(=O)Nc3cnccn3)s2)c1. The van der Waals surface area contributed by atoms with Gasteiger partial charge in [0.25, 0.3) is 5.91 Å². The largest absolute Gasteiger partial charge is 0.492 e. The molecule has 4 amide bonds. The van der Waals surface area contributed by atoms with Crippen LogP contribution in [0.3, 0.4) is 0 Å². The van der Waals surface area contributed by atoms with Gasteiger partial charge in [-0.05, 0) is 70.5 Å². The van der Waals surface area contributed by atoms with E-state index in [1.165, 1.54) is 29.9 Å². The fourth-order valence-electron chi connectivity index (χ4n) is 4.83. The third-order valence-corrected chi connectivity index (χ3v) is 8.21. The van der Waals surface area contributed by atoms with Gasteiger partial charge in [0.2, 0.25) is 0 Å². The molecule has 0 radical (unpaired) electrons. The number of aromatic nitrogens is 2. The number of carbonyl (C=O) groups is 3. The molecule has 1 saturated heterocycles. The monoisotopic (exact) mass is 637 g/mol. The first-order chi connectivity index (χ1) is 21.5. The van der Waals surface area contributed by atoms with Crippen LogP contribution in [-0.2, 0) is 4.74 Å². The molecule has 0 saturated carbocycles. The normalized spacial score (nSPS) is 15.0. The molecule has 3 N–H and O–H groups in total. The molecule has 45 heavy (non-hydrogen) atoms. The predicted molar refractivity (Wildman–Crippen MR) is 176 cm³/mol. The molecule has 12 nitrogen and oxygen atoms in total. The number of piperidine rings is 1. The number of ether oxygens (including phenoxy) is 2. The van der Waals surface area contributed by atoms with E-state index in [1.54, 1.807) is 11.0 Å². The summed E-state index contributed by atoms with van der Waals surface area (Å²) in [6.07, 6.45) is 5.45. The van der Waals surface area contributed by atoms with E-state index in [4.69, 9.17) is 9.47 Å². The summed E-state index contributed by atoms with van der Waals surface area (Å²) in [7, 11) is 0. The standard InChI is InChI=1S/C32H43N7O5S/c1-6-38(7-2)16-17-43-24-12-8-10-22(18-24)26-19-25(29(45-26)37-30(41)36-27-20-33-13-14-34-27)28(40)35-23-11-9-15-39(21-23)31(42)44-32(3,4)5/h8,10,12-14,18-20,23H,6-7,9,11,15-17,21H2,1-5H3,(H,35,40)(H2,34,36,37,41). The average Bonchev–Trinajstić information content (AvgIpc) is 3.43. The van der Waals surface area contributed by atoms with Gasteiger partial charge in [-0.2, -0.15) is 0 Å². The van der Waals surface area contributed by atoms with Gasteiger partial charge in [-0.3, -0.25) is 20.4 Å². The van der Waals surface area contributed by atoms with Gasteiger partial charge in [0.1, 0.15) is 23.0 Å². The van der Waals surface area contributed by atoms with E-state index in [2.05, 4.69) is 44.7 Å². The molecule has 13 heteroatoms. The van der Waals surface area contributed by atoms with Gasteiger partial charge in [-0.25, -0.2) is 14.6 Å². The second kappa shape index (κ2) is 15.7. The molecule has 2 aromatic heterocycles. The van der Waals surface area contributed by atoms with E-state index < -0.39 is 17.7 Å². The topological polar surface area (TPSA) is 138 Å². The number of hydrogen-bond donors (Lipinski definition) is 3. The molecular weight excluding hydrogens is 594 g/mol. The quantitative estimate of drug-likeness (QED) is 0.244. The van der Waals surface area contributed by atoms with Crippen molar-refractivity contribution in [3.8, 4) is 16.2 Å². The molecule has 1 aliphatic heterocycles. The minimum Gasteiger partial charge on any atom is -0.492 e. The summed E-state index contributed by atoms with van der Waals surface area (Å²) in [4.78, 5) is 52.0. The Morgan fingerprint density at radius 3 is 2.62 bits per heavy atom. The van der Waals surface area contributed by atoms with Gasteiger partial charge >= 0.3 is 12.1 Å². The molecule has 3 heterocycles. The lowest BCUT2D eigenvalue weighted by molar-refractivity contribution is 0.0185. The summed E-state index contributed by atoms with van der Waals surface area (Å²) < 4.78 is 11.6. The van der Waals surface area contributed by atoms with E-state index in [0.717, 1.165) is 42.2 Å². The molecule has 1 fully saturated rings. The van der Waals surface area contributed by atoms with Crippen molar-refractivity contribution in [3.63, 3.8) is 0 Å². The van der Waals surface area contributed by atoms with Crippen molar-refractivity contribution in [3.05, 3.63) is 54.5 Å². The van der Waals surface area contributed by atoms with Crippen molar-refractivity contribution in [1.82, 2.24) is 25.1 Å². The summed E-state index contributed by atoms with van der Waals surface area (Å²) in [5.41, 5.74) is 0.553. The van der Waals surface area contributed by atoms with Crippen molar-refractivity contribution < 1.29 is 23.9 Å². The first-order valence-electron chi connectivity index (χ1n) is 15.3. The number of likely N-dealkylation sites (N-methyl/N-ethyl adjacent to an activating group) is 1. The molecular formula is C32H43N7O5S. The van der Waals surface area contributed by atoms with Crippen molar-refractivity contribution in [2.45, 2.75) is 59.1 Å². The lowest BCUT2D eigenvalue weighted by Crippen LogP contribution is -2.50. The Morgan fingerprint density at radius 2 is 1.91 bits per heavy atom. The third-order valence-electron chi connectivity index (χ3n) is 7.11. The zero-order chi connectivity index (χ0) is 32.4. The van der Waals surface area contributed by atoms with E-state index >= 15 is 0 Å². The third kappa shape index (κ3) is 10.1. The summed E-state index contributed by atoms with van der Waals surface area (Å²) in [6, 6.07) is 8.61. The Morgan fingerprint density at radius 1 is 1.11 bits per heavy atom. The molecule has 1 atom stereocenters. The van der Waals surface area contributed by atoms with Crippen molar-refractivity contribution in [1.29, 1.82) is 0 Å². The molecule has 242 valence electrons. The maximum Gasteiger partial charge on any atom is 0.410 e. The maximum atomic E-state index is 13.7. The number of benzene rings is 1. The second-order valence-corrected chi connectivity index (χ2v) is 12.7. The van der Waals surface area contributed by atoms with E-state index in [0.29, 0.717) is 36.7 Å². The van der Waals surface area contributed by atoms with Crippen molar-refractivity contribution in [2.24, 2.45) is 0 Å². The fraction of sp³-hybridized carbons (Fsp3) is 0.469. The van der Waals surface area contributed by atoms with Crippen LogP contribution in [0.1, 0.15) is 57.8 Å². The van der Waals surface area contributed by atoms with E-state index in [9.17, 15) is 14.4 Å². The van der Waals surface area contributed by atoms with E-state index in [-0.39, 0.29) is 17.8 Å². The number of carbonyl (C=O) groups excluding carboxylic acids is 3. The zero-order valence-corrected chi connectivity index (χ0v) is 27.4. The number of urea groups is 1. The fourth-order valence-corrected chi connectivity index (χ4v) is 5.88. The van der Waals surface area contributed by atoms with Gasteiger partial charge in [-0.1, -0.05) is 26.0 Å². The van der Waals surface area contributed by atoms with Crippen LogP contribution in [0.25, 0.3) is 10.4 Å². The van der Waals surface area contributed by atoms with Gasteiger partial charge in [-0.15, -0.1) is 11.3 Å². The summed E-state index contributed by atoms with van der Waals surface area (Å²) in [5, 5.41) is 8.90. The van der Waals surface area contributed by atoms with Crippen LogP contribution < -0.4 is 20.7 Å². The van der Waals surface area contributed by atoms with Crippen LogP contribution in [0.2, 0.25) is 0 Å². The molecule has 1 aromatic carbocycles. The maximum absolute atomic E-state index is 13.7. The Hall–Kier alpha value is -4.23. The van der Waals surface area contributed by atoms with Gasteiger partial charge in [0.15, 0.2) is 5.82 Å². The summed E-state index contributed by atoms with van der Waals surface area (Å²) in [5.74, 6) is 0.644. The van der Waals surface area contributed by atoms with Gasteiger partial charge in [0.05, 0.1) is 11.8 Å². The minimum absolute atomic E-state index is 0.272. The Kier molecular flexibility index (Phi) is 11.7. The van der Waals surface area contributed by atoms with Crippen LogP contribution >= 0.6 is 11.3 Å². The minimum atomic E-state index is -0.611. The molecule has 3 aromatic rings.